The van der Waals surface area contributed by atoms with Crippen LogP contribution in [0.15, 0.2) is 18.2 Å². The highest BCUT2D eigenvalue weighted by molar-refractivity contribution is 5.44. The van der Waals surface area contributed by atoms with Gasteiger partial charge in [-0.25, -0.2) is 0 Å². The second-order valence-electron chi connectivity index (χ2n) is 5.91. The summed E-state index contributed by atoms with van der Waals surface area (Å²) in [4.78, 5) is 0. The molecule has 0 aliphatic heterocycles. The zero-order chi connectivity index (χ0) is 15.7. The molecule has 1 aromatic carbocycles. The topological polar surface area (TPSA) is 70.3 Å². The van der Waals surface area contributed by atoms with Crippen molar-refractivity contribution in [2.75, 3.05) is 6.61 Å². The van der Waals surface area contributed by atoms with Gasteiger partial charge in [0.15, 0.2) is 0 Å². The third-order valence-electron chi connectivity index (χ3n) is 4.61. The molecule has 0 spiro atoms. The van der Waals surface area contributed by atoms with Crippen molar-refractivity contribution in [1.29, 1.82) is 0 Å². The van der Waals surface area contributed by atoms with E-state index in [9.17, 15) is 5.11 Å². The number of nitrogens with zero attached hydrogens (tertiary/aromatic N) is 2. The van der Waals surface area contributed by atoms with Crippen LogP contribution < -0.4 is 5.32 Å². The minimum atomic E-state index is 0.101. The molecule has 1 aliphatic carbocycles. The highest BCUT2D eigenvalue weighted by Crippen LogP contribution is 2.36. The smallest absolute Gasteiger partial charge is 0.119 e. The fraction of sp³-hybridized carbons (Fsp3) is 0.471. The maximum absolute atomic E-state index is 9.92. The number of nitrogens with one attached hydrogen (secondary N) is 1. The summed E-state index contributed by atoms with van der Waals surface area (Å²) in [6, 6.07) is 6.04. The van der Waals surface area contributed by atoms with Crippen molar-refractivity contribution in [3.05, 3.63) is 46.3 Å². The van der Waals surface area contributed by atoms with Crippen LogP contribution in [0.2, 0.25) is 0 Å². The third kappa shape index (κ3) is 2.62. The molecule has 1 aliphatic rings. The molecule has 1 unspecified atom stereocenters. The first-order chi connectivity index (χ1) is 10.6. The quantitative estimate of drug-likeness (QED) is 0.790. The summed E-state index contributed by atoms with van der Waals surface area (Å²) in [6.07, 6.45) is 1.93. The Balaban J connectivity index is 1.74. The van der Waals surface area contributed by atoms with Crippen LogP contribution in [0.5, 0.6) is 5.75 Å². The number of phenols is 1. The molecule has 1 heterocycles. The molecule has 2 aromatic rings. The van der Waals surface area contributed by atoms with Crippen LogP contribution in [-0.2, 0) is 19.5 Å². The number of phenolic OH excluding ortho intramolecular Hbond substituents is 1. The maximum atomic E-state index is 9.92. The lowest BCUT2D eigenvalue weighted by molar-refractivity contribution is 0.267. The molecular weight excluding hydrogens is 278 g/mol. The Bertz CT molecular complexity index is 679. The van der Waals surface area contributed by atoms with Gasteiger partial charge in [-0.3, -0.25) is 4.68 Å². The predicted octanol–water partition coefficient (Wildman–Crippen LogP) is 1.97. The number of hydrogen-bond donors (Lipinski definition) is 3. The van der Waals surface area contributed by atoms with Gasteiger partial charge in [-0.15, -0.1) is 0 Å². The normalized spacial score (nSPS) is 17.0. The fourth-order valence-electron chi connectivity index (χ4n) is 3.37. The van der Waals surface area contributed by atoms with E-state index in [0.29, 0.717) is 12.3 Å². The van der Waals surface area contributed by atoms with Crippen LogP contribution in [0.25, 0.3) is 0 Å². The Morgan fingerprint density at radius 3 is 2.95 bits per heavy atom. The van der Waals surface area contributed by atoms with Crippen molar-refractivity contribution in [2.24, 2.45) is 0 Å². The van der Waals surface area contributed by atoms with Gasteiger partial charge in [0.1, 0.15) is 5.75 Å². The number of aromatic nitrogens is 2. The molecule has 22 heavy (non-hydrogen) atoms. The first kappa shape index (κ1) is 15.1. The first-order valence-corrected chi connectivity index (χ1v) is 7.79. The van der Waals surface area contributed by atoms with Crippen LogP contribution in [0.4, 0.5) is 0 Å². The predicted molar refractivity (Wildman–Crippen MR) is 84.8 cm³/mol. The molecule has 0 amide bonds. The van der Waals surface area contributed by atoms with E-state index in [1.54, 1.807) is 6.07 Å². The highest BCUT2D eigenvalue weighted by Gasteiger charge is 2.24. The molecule has 1 atom stereocenters. The van der Waals surface area contributed by atoms with Crippen LogP contribution in [-0.4, -0.2) is 26.6 Å². The molecule has 1 aromatic heterocycles. The lowest BCUT2D eigenvalue weighted by atomic mass is 10.1. The Morgan fingerprint density at radius 1 is 1.36 bits per heavy atom. The monoisotopic (exact) mass is 301 g/mol. The number of aromatic hydroxyl groups is 1. The zero-order valence-electron chi connectivity index (χ0n) is 13.1. The summed E-state index contributed by atoms with van der Waals surface area (Å²) in [6.45, 7) is 5.44. The standard InChI is InChI=1S/C17H23N3O2/c1-11-15(12(2)20(19-11)8-9-21)10-18-16-7-6-14-13(16)4-3-5-17(14)22/h3-5,16,18,21-22H,6-10H2,1-2H3. The van der Waals surface area contributed by atoms with Crippen molar-refractivity contribution < 1.29 is 10.2 Å². The maximum Gasteiger partial charge on any atom is 0.119 e. The van der Waals surface area contributed by atoms with E-state index in [-0.39, 0.29) is 12.6 Å². The molecule has 0 saturated heterocycles. The van der Waals surface area contributed by atoms with E-state index in [1.807, 2.05) is 24.6 Å². The average Bonchev–Trinajstić information content (AvgIpc) is 3.02. The summed E-state index contributed by atoms with van der Waals surface area (Å²) < 4.78 is 1.86. The van der Waals surface area contributed by atoms with Crippen molar-refractivity contribution in [3.8, 4) is 5.75 Å². The fourth-order valence-corrected chi connectivity index (χ4v) is 3.37. The number of aliphatic hydroxyl groups is 1. The van der Waals surface area contributed by atoms with Crippen LogP contribution in [0.1, 0.15) is 40.5 Å². The molecule has 5 heteroatoms. The lowest BCUT2D eigenvalue weighted by Crippen LogP contribution is -2.19. The molecule has 0 fully saturated rings. The largest absolute Gasteiger partial charge is 0.508 e. The molecule has 118 valence electrons. The van der Waals surface area contributed by atoms with E-state index in [1.165, 1.54) is 11.1 Å². The molecule has 5 nitrogen and oxygen atoms in total. The molecule has 0 bridgehead atoms. The van der Waals surface area contributed by atoms with E-state index in [4.69, 9.17) is 5.11 Å². The molecule has 3 rings (SSSR count). The molecule has 0 radical (unpaired) electrons. The van der Waals surface area contributed by atoms with Crippen molar-refractivity contribution in [3.63, 3.8) is 0 Å². The van der Waals surface area contributed by atoms with Gasteiger partial charge in [-0.1, -0.05) is 12.1 Å². The molecule has 3 N–H and O–H groups in total. The second-order valence-corrected chi connectivity index (χ2v) is 5.91. The summed E-state index contributed by atoms with van der Waals surface area (Å²) in [5.41, 5.74) is 5.59. The third-order valence-corrected chi connectivity index (χ3v) is 4.61. The molecular formula is C17H23N3O2. The second kappa shape index (κ2) is 6.10. The van der Waals surface area contributed by atoms with E-state index < -0.39 is 0 Å². The van der Waals surface area contributed by atoms with Crippen LogP contribution in [0.3, 0.4) is 0 Å². The van der Waals surface area contributed by atoms with Crippen molar-refractivity contribution in [2.45, 2.75) is 45.8 Å². The van der Waals surface area contributed by atoms with Gasteiger partial charge in [-0.2, -0.15) is 5.10 Å². The Labute approximate surface area is 130 Å². The van der Waals surface area contributed by atoms with E-state index in [2.05, 4.69) is 16.5 Å². The number of rotatable bonds is 5. The number of hydrogen-bond acceptors (Lipinski definition) is 4. The number of aryl methyl sites for hydroxylation is 1. The zero-order valence-corrected chi connectivity index (χ0v) is 13.1. The highest BCUT2D eigenvalue weighted by atomic mass is 16.3. The SMILES string of the molecule is Cc1nn(CCO)c(C)c1CNC1CCc2c(O)cccc21. The summed E-state index contributed by atoms with van der Waals surface area (Å²) in [5.74, 6) is 0.407. The Morgan fingerprint density at radius 2 is 2.18 bits per heavy atom. The van der Waals surface area contributed by atoms with Crippen molar-refractivity contribution >= 4 is 0 Å². The van der Waals surface area contributed by atoms with E-state index >= 15 is 0 Å². The summed E-state index contributed by atoms with van der Waals surface area (Å²) >= 11 is 0. The Kier molecular flexibility index (Phi) is 4.18. The summed E-state index contributed by atoms with van der Waals surface area (Å²) in [7, 11) is 0. The first-order valence-electron chi connectivity index (χ1n) is 7.79. The average molecular weight is 301 g/mol. The van der Waals surface area contributed by atoms with Gasteiger partial charge in [-0.05, 0) is 43.9 Å². The van der Waals surface area contributed by atoms with Gasteiger partial charge < -0.3 is 15.5 Å². The minimum Gasteiger partial charge on any atom is -0.508 e. The summed E-state index contributed by atoms with van der Waals surface area (Å²) in [5, 5.41) is 27.1. The number of aliphatic hydroxyl groups excluding tert-OH is 1. The minimum absolute atomic E-state index is 0.101. The van der Waals surface area contributed by atoms with Gasteiger partial charge in [0, 0.05) is 23.8 Å². The lowest BCUT2D eigenvalue weighted by Gasteiger charge is -2.14. The van der Waals surface area contributed by atoms with Gasteiger partial charge in [0.25, 0.3) is 0 Å². The number of benzene rings is 1. The van der Waals surface area contributed by atoms with E-state index in [0.717, 1.165) is 36.3 Å². The van der Waals surface area contributed by atoms with Gasteiger partial charge in [0.2, 0.25) is 0 Å². The number of fused-ring (bicyclic) bond motifs is 1. The van der Waals surface area contributed by atoms with Crippen LogP contribution in [0, 0.1) is 13.8 Å². The van der Waals surface area contributed by atoms with Crippen LogP contribution >= 0.6 is 0 Å². The van der Waals surface area contributed by atoms with Gasteiger partial charge >= 0.3 is 0 Å². The van der Waals surface area contributed by atoms with Gasteiger partial charge in [0.05, 0.1) is 18.8 Å². The molecule has 0 saturated carbocycles. The Hall–Kier alpha value is -1.85. The van der Waals surface area contributed by atoms with Crippen molar-refractivity contribution in [1.82, 2.24) is 15.1 Å².